The van der Waals surface area contributed by atoms with E-state index in [4.69, 9.17) is 4.74 Å². The number of amides is 1. The van der Waals surface area contributed by atoms with E-state index in [9.17, 15) is 4.79 Å². The van der Waals surface area contributed by atoms with Gasteiger partial charge in [0.25, 0.3) is 0 Å². The normalized spacial score (nSPS) is 19.7. The van der Waals surface area contributed by atoms with Crippen LogP contribution >= 0.6 is 11.8 Å². The molecule has 0 unspecified atom stereocenters. The molecule has 3 rings (SSSR count). The number of benzene rings is 1. The Morgan fingerprint density at radius 3 is 2.56 bits per heavy atom. The van der Waals surface area contributed by atoms with Crippen LogP contribution in [-0.4, -0.2) is 52.5 Å². The smallest absolute Gasteiger partial charge is 0.232 e. The molecule has 2 atom stereocenters. The molecule has 1 aromatic heterocycles. The van der Waals surface area contributed by atoms with Crippen molar-refractivity contribution in [2.24, 2.45) is 5.92 Å². The summed E-state index contributed by atoms with van der Waals surface area (Å²) in [5.41, 5.74) is 1.02. The van der Waals surface area contributed by atoms with Crippen LogP contribution in [0, 0.1) is 5.92 Å². The van der Waals surface area contributed by atoms with E-state index >= 15 is 0 Å². The molecule has 6 nitrogen and oxygen atoms in total. The van der Waals surface area contributed by atoms with E-state index in [1.165, 1.54) is 31.0 Å². The fraction of sp³-hybridized carbons (Fsp3) is 0.550. The van der Waals surface area contributed by atoms with Gasteiger partial charge in [-0.3, -0.25) is 9.36 Å². The second-order valence-corrected chi connectivity index (χ2v) is 8.25. The molecule has 1 aliphatic carbocycles. The highest BCUT2D eigenvalue weighted by Crippen LogP contribution is 2.39. The lowest BCUT2D eigenvalue weighted by molar-refractivity contribution is -0.125. The number of carbonyl (C=O) groups excluding carboxylic acids is 1. The first-order valence-electron chi connectivity index (χ1n) is 9.43. The van der Waals surface area contributed by atoms with Crippen LogP contribution in [0.2, 0.25) is 0 Å². The van der Waals surface area contributed by atoms with Crippen LogP contribution in [0.25, 0.3) is 11.4 Å². The quantitative estimate of drug-likeness (QED) is 0.703. The van der Waals surface area contributed by atoms with E-state index in [1.807, 2.05) is 24.3 Å². The van der Waals surface area contributed by atoms with E-state index in [0.29, 0.717) is 17.7 Å². The Morgan fingerprint density at radius 2 is 1.93 bits per heavy atom. The van der Waals surface area contributed by atoms with E-state index in [-0.39, 0.29) is 5.91 Å². The summed E-state index contributed by atoms with van der Waals surface area (Å²) in [7, 11) is 5.22. The van der Waals surface area contributed by atoms with Crippen molar-refractivity contribution in [1.82, 2.24) is 19.7 Å². The molecular formula is C20H28N4O2S. The van der Waals surface area contributed by atoms with Gasteiger partial charge in [-0.15, -0.1) is 10.2 Å². The van der Waals surface area contributed by atoms with Gasteiger partial charge in [0.15, 0.2) is 11.0 Å². The molecule has 0 radical (unpaired) electrons. The summed E-state index contributed by atoms with van der Waals surface area (Å²) in [4.78, 5) is 13.7. The van der Waals surface area contributed by atoms with Crippen molar-refractivity contribution < 1.29 is 9.53 Å². The molecule has 0 saturated heterocycles. The molecule has 1 heterocycles. The molecule has 1 aromatic carbocycles. The van der Waals surface area contributed by atoms with Crippen LogP contribution in [0.5, 0.6) is 5.75 Å². The zero-order valence-corrected chi connectivity index (χ0v) is 17.3. The summed E-state index contributed by atoms with van der Waals surface area (Å²) in [6, 6.07) is 8.29. The number of methoxy groups -OCH3 is 1. The van der Waals surface area contributed by atoms with Gasteiger partial charge in [-0.2, -0.15) is 0 Å². The minimum atomic E-state index is 0.0808. The van der Waals surface area contributed by atoms with Crippen molar-refractivity contribution >= 4 is 17.7 Å². The Balaban J connectivity index is 1.95. The maximum atomic E-state index is 12.0. The number of ether oxygens (including phenoxy) is 1. The van der Waals surface area contributed by atoms with Crippen molar-refractivity contribution in [3.8, 4) is 17.1 Å². The number of rotatable bonds is 6. The van der Waals surface area contributed by atoms with Gasteiger partial charge in [-0.25, -0.2) is 0 Å². The van der Waals surface area contributed by atoms with Gasteiger partial charge in [-0.1, -0.05) is 31.5 Å². The predicted octanol–water partition coefficient (Wildman–Crippen LogP) is 3.89. The highest BCUT2D eigenvalue weighted by atomic mass is 32.2. The number of thioether (sulfide) groups is 1. The van der Waals surface area contributed by atoms with Crippen LogP contribution in [0.1, 0.15) is 38.6 Å². The van der Waals surface area contributed by atoms with Crippen molar-refractivity contribution in [2.75, 3.05) is 27.0 Å². The highest BCUT2D eigenvalue weighted by molar-refractivity contribution is 7.99. The van der Waals surface area contributed by atoms with Crippen molar-refractivity contribution in [1.29, 1.82) is 0 Å². The summed E-state index contributed by atoms with van der Waals surface area (Å²) >= 11 is 1.48. The molecule has 0 bridgehead atoms. The van der Waals surface area contributed by atoms with Crippen LogP contribution in [0.15, 0.2) is 29.4 Å². The number of nitrogens with zero attached hydrogens (tertiary/aromatic N) is 4. The average Bonchev–Trinajstić information content (AvgIpc) is 3.10. The number of hydrogen-bond acceptors (Lipinski definition) is 5. The molecule has 7 heteroatoms. The summed E-state index contributed by atoms with van der Waals surface area (Å²) in [5, 5.41) is 9.78. The number of hydrogen-bond donors (Lipinski definition) is 0. The Bertz CT molecular complexity index is 773. The third-order valence-electron chi connectivity index (χ3n) is 5.23. The van der Waals surface area contributed by atoms with Crippen molar-refractivity contribution in [2.45, 2.75) is 43.8 Å². The second-order valence-electron chi connectivity index (χ2n) is 7.31. The van der Waals surface area contributed by atoms with Crippen molar-refractivity contribution in [3.63, 3.8) is 0 Å². The first-order chi connectivity index (χ1) is 13.0. The van der Waals surface area contributed by atoms with Gasteiger partial charge in [0, 0.05) is 25.7 Å². The molecule has 0 spiro atoms. The summed E-state index contributed by atoms with van der Waals surface area (Å²) < 4.78 is 7.54. The fourth-order valence-corrected chi connectivity index (χ4v) is 4.52. The van der Waals surface area contributed by atoms with Crippen LogP contribution in [0.3, 0.4) is 0 Å². The first kappa shape index (κ1) is 19.7. The average molecular weight is 389 g/mol. The van der Waals surface area contributed by atoms with Crippen LogP contribution in [-0.2, 0) is 4.79 Å². The Kier molecular flexibility index (Phi) is 6.42. The fourth-order valence-electron chi connectivity index (χ4n) is 3.55. The SMILES string of the molecule is COc1ccc(-c2nnc(SCC(=O)N(C)C)n2[C@H]2CCCC[C@@H]2C)cc1. The zero-order valence-electron chi connectivity index (χ0n) is 16.5. The van der Waals surface area contributed by atoms with Gasteiger partial charge < -0.3 is 9.64 Å². The van der Waals surface area contributed by atoms with Gasteiger partial charge >= 0.3 is 0 Å². The largest absolute Gasteiger partial charge is 0.497 e. The number of carbonyl (C=O) groups is 1. The molecular weight excluding hydrogens is 360 g/mol. The minimum absolute atomic E-state index is 0.0808. The summed E-state index contributed by atoms with van der Waals surface area (Å²) in [6.45, 7) is 2.31. The minimum Gasteiger partial charge on any atom is -0.497 e. The molecule has 27 heavy (non-hydrogen) atoms. The monoisotopic (exact) mass is 388 g/mol. The zero-order chi connectivity index (χ0) is 19.4. The molecule has 2 aromatic rings. The third kappa shape index (κ3) is 4.46. The van der Waals surface area contributed by atoms with Crippen LogP contribution in [0.4, 0.5) is 0 Å². The van der Waals surface area contributed by atoms with Gasteiger partial charge in [0.05, 0.1) is 12.9 Å². The van der Waals surface area contributed by atoms with Crippen molar-refractivity contribution in [3.05, 3.63) is 24.3 Å². The van der Waals surface area contributed by atoms with E-state index in [1.54, 1.807) is 26.1 Å². The molecule has 0 N–H and O–H groups in total. The van der Waals surface area contributed by atoms with E-state index in [2.05, 4.69) is 21.7 Å². The lowest BCUT2D eigenvalue weighted by atomic mass is 9.85. The molecule has 0 aliphatic heterocycles. The Hall–Kier alpha value is -2.02. The molecule has 146 valence electrons. The topological polar surface area (TPSA) is 60.3 Å². The maximum Gasteiger partial charge on any atom is 0.232 e. The van der Waals surface area contributed by atoms with E-state index in [0.717, 1.165) is 28.7 Å². The van der Waals surface area contributed by atoms with Gasteiger partial charge in [0.2, 0.25) is 5.91 Å². The molecule has 1 amide bonds. The molecule has 1 fully saturated rings. The molecule has 1 saturated carbocycles. The Morgan fingerprint density at radius 1 is 1.22 bits per heavy atom. The lowest BCUT2D eigenvalue weighted by Crippen LogP contribution is -2.25. The standard InChI is InChI=1S/C20H28N4O2S/c1-14-7-5-6-8-17(14)24-19(15-9-11-16(26-4)12-10-15)21-22-20(24)27-13-18(25)23(2)3/h9-12,14,17H,5-8,13H2,1-4H3/t14-,17-/m0/s1. The number of aromatic nitrogens is 3. The highest BCUT2D eigenvalue weighted by Gasteiger charge is 2.29. The van der Waals surface area contributed by atoms with Gasteiger partial charge in [0.1, 0.15) is 5.75 Å². The molecule has 1 aliphatic rings. The first-order valence-corrected chi connectivity index (χ1v) is 10.4. The van der Waals surface area contributed by atoms with Crippen LogP contribution < -0.4 is 4.74 Å². The Labute approximate surface area is 165 Å². The summed E-state index contributed by atoms with van der Waals surface area (Å²) in [6.07, 6.45) is 4.83. The predicted molar refractivity (Wildman–Crippen MR) is 108 cm³/mol. The van der Waals surface area contributed by atoms with E-state index < -0.39 is 0 Å². The lowest BCUT2D eigenvalue weighted by Gasteiger charge is -2.31. The maximum absolute atomic E-state index is 12.0. The second kappa shape index (κ2) is 8.78. The summed E-state index contributed by atoms with van der Waals surface area (Å²) in [5.74, 6) is 2.71. The third-order valence-corrected chi connectivity index (χ3v) is 6.16. The van der Waals surface area contributed by atoms with Gasteiger partial charge in [-0.05, 0) is 43.0 Å².